The molecule has 4 aromatic rings. The van der Waals surface area contributed by atoms with Crippen LogP contribution in [-0.2, 0) is 28.0 Å². The van der Waals surface area contributed by atoms with Gasteiger partial charge in [0.1, 0.15) is 0 Å². The van der Waals surface area contributed by atoms with Crippen LogP contribution in [0, 0.1) is 17.9 Å². The second-order valence-corrected chi connectivity index (χ2v) is 15.2. The SMILES string of the molecule is CC(C)c1cc(-c2nccc3c2-c2ccccc2[Te]3=O)[c-]c2ccccc12.CCC(CC)C(=O)/C=C(\O)C(CC)CC.[Ir]. The second-order valence-electron chi connectivity index (χ2n) is 11.1. The van der Waals surface area contributed by atoms with Crippen LogP contribution in [0.5, 0.6) is 0 Å². The predicted octanol–water partition coefficient (Wildman–Crippen LogP) is 8.21. The fourth-order valence-electron chi connectivity index (χ4n) is 5.66. The summed E-state index contributed by atoms with van der Waals surface area (Å²) in [6.07, 6.45) is 6.70. The molecule has 0 saturated heterocycles. The minimum Gasteiger partial charge on any atom is -0.512 e. The summed E-state index contributed by atoms with van der Waals surface area (Å²) in [7, 11) is 0. The van der Waals surface area contributed by atoms with Gasteiger partial charge in [-0.15, -0.1) is 0 Å². The Hall–Kier alpha value is -2.48. The van der Waals surface area contributed by atoms with E-state index in [9.17, 15) is 13.0 Å². The van der Waals surface area contributed by atoms with E-state index in [4.69, 9.17) is 4.98 Å². The van der Waals surface area contributed by atoms with E-state index >= 15 is 0 Å². The van der Waals surface area contributed by atoms with Gasteiger partial charge in [0.15, 0.2) is 5.78 Å². The zero-order valence-corrected chi connectivity index (χ0v) is 30.7. The summed E-state index contributed by atoms with van der Waals surface area (Å²) in [5.41, 5.74) is 5.30. The molecule has 0 amide bonds. The van der Waals surface area contributed by atoms with Crippen molar-refractivity contribution in [2.75, 3.05) is 0 Å². The van der Waals surface area contributed by atoms with Crippen molar-refractivity contribution in [3.63, 3.8) is 0 Å². The first-order chi connectivity index (χ1) is 20.2. The molecular weight excluding hydrogens is 826 g/mol. The number of hydrogen-bond donors (Lipinski definition) is 1. The minimum atomic E-state index is -2.73. The van der Waals surface area contributed by atoms with Gasteiger partial charge in [-0.3, -0.25) is 4.79 Å². The summed E-state index contributed by atoms with van der Waals surface area (Å²) in [5, 5.41) is 12.1. The summed E-state index contributed by atoms with van der Waals surface area (Å²) in [6, 6.07) is 24.2. The molecule has 2 heterocycles. The topological polar surface area (TPSA) is 67.3 Å². The molecule has 43 heavy (non-hydrogen) atoms. The quantitative estimate of drug-likeness (QED) is 0.0703. The number of carbonyl (C=O) groups excluding carboxylic acids is 1. The van der Waals surface area contributed by atoms with E-state index in [2.05, 4.69) is 50.2 Å². The van der Waals surface area contributed by atoms with E-state index in [1.54, 1.807) is 6.20 Å². The number of aliphatic hydroxyl groups excluding tert-OH is 1. The van der Waals surface area contributed by atoms with Gasteiger partial charge >= 0.3 is 166 Å². The van der Waals surface area contributed by atoms with Crippen LogP contribution in [0.3, 0.4) is 0 Å². The standard InChI is InChI=1S/C24H18NOTe.C13H24O2.Ir/c1-15(2)20-14-17(13-16-7-3-4-8-18(16)20)24-23-19-9-5-6-10-21(19)27(26)22(23)11-12-25-24;1-5-10(6-2)12(14)9-13(15)11(7-3)8-4;/h3-12,14-15H,1-2H3;9-11,14H,5-8H2,1-4H3;/q-1;;/b;12-9-;. The van der Waals surface area contributed by atoms with Crippen LogP contribution in [0.25, 0.3) is 33.2 Å². The van der Waals surface area contributed by atoms with Gasteiger partial charge < -0.3 is 5.11 Å². The molecule has 1 N–H and O–H groups in total. The summed E-state index contributed by atoms with van der Waals surface area (Å²) in [6.45, 7) is 12.5. The van der Waals surface area contributed by atoms with Crippen molar-refractivity contribution in [2.45, 2.75) is 73.1 Å². The van der Waals surface area contributed by atoms with Crippen LogP contribution in [0.2, 0.25) is 0 Å². The van der Waals surface area contributed by atoms with E-state index in [1.807, 2.05) is 58.0 Å². The van der Waals surface area contributed by atoms with Crippen molar-refractivity contribution >= 4 is 43.3 Å². The average molecular weight is 869 g/mol. The minimum absolute atomic E-state index is 0. The molecule has 1 radical (unpaired) electrons. The Morgan fingerprint density at radius 2 is 1.53 bits per heavy atom. The number of nitrogens with zero attached hydrogens (tertiary/aromatic N) is 1. The average Bonchev–Trinajstić information content (AvgIpc) is 3.30. The van der Waals surface area contributed by atoms with Crippen molar-refractivity contribution in [1.29, 1.82) is 0 Å². The third-order valence-corrected chi connectivity index (χ3v) is 12.5. The third-order valence-electron chi connectivity index (χ3n) is 8.23. The zero-order valence-electron chi connectivity index (χ0n) is 25.9. The Kier molecular flexibility index (Phi) is 13.0. The monoisotopic (exact) mass is 871 g/mol. The molecule has 0 spiro atoms. The summed E-state index contributed by atoms with van der Waals surface area (Å²) in [5.74, 6) is 0.946. The molecule has 5 rings (SSSR count). The van der Waals surface area contributed by atoms with E-state index in [1.165, 1.54) is 17.0 Å². The molecule has 0 unspecified atom stereocenters. The number of ketones is 1. The molecule has 1 aliphatic heterocycles. The molecule has 6 heteroatoms. The number of benzene rings is 3. The van der Waals surface area contributed by atoms with Gasteiger partial charge in [0.2, 0.25) is 0 Å². The van der Waals surface area contributed by atoms with Crippen LogP contribution in [-0.4, -0.2) is 35.4 Å². The van der Waals surface area contributed by atoms with Gasteiger partial charge in [-0.05, 0) is 25.7 Å². The number of aromatic nitrogens is 1. The number of hydrogen-bond acceptors (Lipinski definition) is 4. The van der Waals surface area contributed by atoms with Crippen LogP contribution in [0.4, 0.5) is 0 Å². The molecule has 0 bridgehead atoms. The smallest absolute Gasteiger partial charge is 0.162 e. The Morgan fingerprint density at radius 1 is 0.907 bits per heavy atom. The molecule has 0 aliphatic carbocycles. The number of fused-ring (bicyclic) bond motifs is 4. The van der Waals surface area contributed by atoms with Crippen molar-refractivity contribution in [3.05, 3.63) is 90.3 Å². The zero-order chi connectivity index (χ0) is 30.4. The maximum atomic E-state index is 13.1. The Morgan fingerprint density at radius 3 is 2.19 bits per heavy atom. The number of allylic oxidation sites excluding steroid dienone is 2. The largest absolute Gasteiger partial charge is 0.512 e. The normalized spacial score (nSPS) is 12.6. The second kappa shape index (κ2) is 16.0. The number of aliphatic hydroxyl groups is 1. The van der Waals surface area contributed by atoms with Gasteiger partial charge in [-0.1, -0.05) is 27.7 Å². The number of pyridine rings is 1. The molecule has 1 aliphatic rings. The Bertz CT molecular complexity index is 1620. The van der Waals surface area contributed by atoms with Crippen LogP contribution >= 0.6 is 0 Å². The fourth-order valence-corrected chi connectivity index (χ4v) is 9.61. The molecule has 229 valence electrons. The molecular formula is C37H42IrNO3Te-. The molecule has 3 aromatic carbocycles. The third kappa shape index (κ3) is 7.61. The molecule has 1 aromatic heterocycles. The van der Waals surface area contributed by atoms with Crippen LogP contribution in [0.1, 0.15) is 78.7 Å². The number of carbonyl (C=O) groups is 1. The van der Waals surface area contributed by atoms with Gasteiger partial charge in [0.25, 0.3) is 0 Å². The van der Waals surface area contributed by atoms with Crippen molar-refractivity contribution in [1.82, 2.24) is 4.98 Å². The van der Waals surface area contributed by atoms with Crippen molar-refractivity contribution < 1.29 is 33.1 Å². The van der Waals surface area contributed by atoms with E-state index in [-0.39, 0.29) is 43.5 Å². The predicted molar refractivity (Wildman–Crippen MR) is 175 cm³/mol. The van der Waals surface area contributed by atoms with Gasteiger partial charge in [0, 0.05) is 38.0 Å². The Balaban J connectivity index is 0.000000274. The fraction of sp³-hybridized carbons (Fsp3) is 0.351. The molecule has 0 atom stereocenters. The van der Waals surface area contributed by atoms with Crippen molar-refractivity contribution in [3.8, 4) is 22.4 Å². The Labute approximate surface area is 277 Å². The van der Waals surface area contributed by atoms with Gasteiger partial charge in [-0.2, -0.15) is 0 Å². The van der Waals surface area contributed by atoms with Crippen LogP contribution in [0.15, 0.2) is 78.7 Å². The van der Waals surface area contributed by atoms with E-state index in [0.29, 0.717) is 5.92 Å². The first-order valence-corrected chi connectivity index (χ1v) is 18.4. The van der Waals surface area contributed by atoms with Crippen LogP contribution < -0.4 is 7.22 Å². The number of rotatable bonds is 9. The van der Waals surface area contributed by atoms with E-state index in [0.717, 1.165) is 60.7 Å². The molecule has 0 saturated carbocycles. The summed E-state index contributed by atoms with van der Waals surface area (Å²) in [4.78, 5) is 16.4. The van der Waals surface area contributed by atoms with Gasteiger partial charge in [-0.25, -0.2) is 0 Å². The van der Waals surface area contributed by atoms with Crippen molar-refractivity contribution in [2.24, 2.45) is 11.8 Å². The first-order valence-electron chi connectivity index (χ1n) is 15.1. The summed E-state index contributed by atoms with van der Waals surface area (Å²) >= 11 is -2.73. The van der Waals surface area contributed by atoms with E-state index < -0.39 is 19.5 Å². The van der Waals surface area contributed by atoms with Gasteiger partial charge in [0.05, 0.1) is 5.76 Å². The summed E-state index contributed by atoms with van der Waals surface area (Å²) < 4.78 is 15.1. The molecule has 0 fully saturated rings. The maximum absolute atomic E-state index is 13.1. The maximum Gasteiger partial charge on any atom is 0.162 e. The first kappa shape index (κ1) is 35.0. The molecule has 4 nitrogen and oxygen atoms in total.